The zero-order chi connectivity index (χ0) is 13.4. The maximum Gasteiger partial charge on any atom is 0.213 e. The molecule has 0 aliphatic rings. The molecular formula is C11H22N4O2S. The number of nitrogens with zero attached hydrogens (tertiary/aromatic N) is 1. The molecule has 0 radical (unpaired) electrons. The van der Waals surface area contributed by atoms with Crippen LogP contribution in [0.5, 0.6) is 0 Å². The van der Waals surface area contributed by atoms with Crippen molar-refractivity contribution in [3.8, 4) is 0 Å². The van der Waals surface area contributed by atoms with Gasteiger partial charge in [-0.25, -0.2) is 18.1 Å². The van der Waals surface area contributed by atoms with E-state index in [0.717, 1.165) is 13.0 Å². The van der Waals surface area contributed by atoms with Crippen molar-refractivity contribution in [2.75, 3.05) is 18.8 Å². The van der Waals surface area contributed by atoms with Crippen molar-refractivity contribution < 1.29 is 8.42 Å². The zero-order valence-electron chi connectivity index (χ0n) is 10.9. The highest BCUT2D eigenvalue weighted by atomic mass is 32.2. The summed E-state index contributed by atoms with van der Waals surface area (Å²) in [7, 11) is -3.27. The number of nitrogens with one attached hydrogen (secondary N) is 3. The minimum atomic E-state index is -3.27. The van der Waals surface area contributed by atoms with Gasteiger partial charge in [0.2, 0.25) is 10.0 Å². The monoisotopic (exact) mass is 274 g/mol. The second-order valence-corrected chi connectivity index (χ2v) is 6.00. The van der Waals surface area contributed by atoms with Crippen molar-refractivity contribution in [1.82, 2.24) is 20.0 Å². The number of hydrogen-bond acceptors (Lipinski definition) is 4. The quantitative estimate of drug-likeness (QED) is 0.581. The summed E-state index contributed by atoms with van der Waals surface area (Å²) in [6, 6.07) is -0.281. The van der Waals surface area contributed by atoms with Gasteiger partial charge in [-0.1, -0.05) is 13.8 Å². The summed E-state index contributed by atoms with van der Waals surface area (Å²) in [6.07, 6.45) is 4.97. The van der Waals surface area contributed by atoms with Gasteiger partial charge in [0, 0.05) is 18.9 Å². The van der Waals surface area contributed by atoms with Crippen LogP contribution in [0.2, 0.25) is 0 Å². The van der Waals surface area contributed by atoms with Crippen LogP contribution in [0, 0.1) is 0 Å². The lowest BCUT2D eigenvalue weighted by molar-refractivity contribution is 0.536. The molecular weight excluding hydrogens is 252 g/mol. The van der Waals surface area contributed by atoms with E-state index < -0.39 is 10.0 Å². The van der Waals surface area contributed by atoms with Crippen molar-refractivity contribution >= 4 is 10.0 Å². The lowest BCUT2D eigenvalue weighted by Gasteiger charge is -2.15. The van der Waals surface area contributed by atoms with Crippen LogP contribution in [-0.4, -0.2) is 37.2 Å². The normalized spacial score (nSPS) is 13.7. The third kappa shape index (κ3) is 5.16. The van der Waals surface area contributed by atoms with Crippen LogP contribution in [0.25, 0.3) is 0 Å². The molecule has 1 heterocycles. The molecule has 0 bridgehead atoms. The maximum atomic E-state index is 11.9. The second kappa shape index (κ2) is 7.50. The average molecular weight is 274 g/mol. The molecule has 1 aromatic heterocycles. The van der Waals surface area contributed by atoms with Gasteiger partial charge < -0.3 is 10.3 Å². The van der Waals surface area contributed by atoms with Gasteiger partial charge in [-0.15, -0.1) is 0 Å². The molecule has 0 aromatic carbocycles. The van der Waals surface area contributed by atoms with Crippen LogP contribution < -0.4 is 10.0 Å². The Hall–Kier alpha value is -0.920. The van der Waals surface area contributed by atoms with Crippen molar-refractivity contribution in [2.24, 2.45) is 0 Å². The topological polar surface area (TPSA) is 86.9 Å². The van der Waals surface area contributed by atoms with E-state index >= 15 is 0 Å². The lowest BCUT2D eigenvalue weighted by Crippen LogP contribution is -2.35. The van der Waals surface area contributed by atoms with Crippen molar-refractivity contribution in [1.29, 1.82) is 0 Å². The highest BCUT2D eigenvalue weighted by Crippen LogP contribution is 2.12. The van der Waals surface area contributed by atoms with Gasteiger partial charge in [-0.3, -0.25) is 0 Å². The molecule has 0 saturated carbocycles. The molecule has 0 aliphatic heterocycles. The highest BCUT2D eigenvalue weighted by molar-refractivity contribution is 7.89. The number of imidazole rings is 1. The molecule has 1 rings (SSSR count). The van der Waals surface area contributed by atoms with Crippen LogP contribution in [0.4, 0.5) is 0 Å². The number of hydrogen-bond donors (Lipinski definition) is 3. The van der Waals surface area contributed by atoms with Gasteiger partial charge in [0.25, 0.3) is 0 Å². The van der Waals surface area contributed by atoms with Crippen LogP contribution in [-0.2, 0) is 10.0 Å². The van der Waals surface area contributed by atoms with Crippen LogP contribution in [0.1, 0.15) is 38.6 Å². The van der Waals surface area contributed by atoms with Gasteiger partial charge >= 0.3 is 0 Å². The number of sulfonamides is 1. The predicted octanol–water partition coefficient (Wildman–Crippen LogP) is 0.780. The Morgan fingerprint density at radius 3 is 2.72 bits per heavy atom. The van der Waals surface area contributed by atoms with Gasteiger partial charge in [0.1, 0.15) is 5.82 Å². The lowest BCUT2D eigenvalue weighted by atomic mass is 10.2. The molecule has 3 N–H and O–H groups in total. The summed E-state index contributed by atoms with van der Waals surface area (Å²) in [4.78, 5) is 7.02. The van der Waals surface area contributed by atoms with Crippen LogP contribution in [0.15, 0.2) is 12.4 Å². The summed E-state index contributed by atoms with van der Waals surface area (Å²) in [5.74, 6) is 0.743. The first-order chi connectivity index (χ1) is 8.59. The summed E-state index contributed by atoms with van der Waals surface area (Å²) >= 11 is 0. The molecule has 18 heavy (non-hydrogen) atoms. The van der Waals surface area contributed by atoms with E-state index in [4.69, 9.17) is 0 Å². The standard InChI is InChI=1S/C11H22N4O2S/c1-3-5-12-8-9-18(16,17)15-10(4-2)11-13-6-7-14-11/h6-7,10,12,15H,3-5,8-9H2,1-2H3,(H,13,14). The minimum absolute atomic E-state index is 0.0875. The van der Waals surface area contributed by atoms with E-state index in [-0.39, 0.29) is 11.8 Å². The summed E-state index contributed by atoms with van der Waals surface area (Å²) < 4.78 is 26.4. The SMILES string of the molecule is CCCNCCS(=O)(=O)NC(CC)c1ncc[nH]1. The molecule has 0 saturated heterocycles. The molecule has 104 valence electrons. The molecule has 0 aliphatic carbocycles. The highest BCUT2D eigenvalue weighted by Gasteiger charge is 2.19. The van der Waals surface area contributed by atoms with E-state index in [1.165, 1.54) is 0 Å². The third-order valence-electron chi connectivity index (χ3n) is 2.55. The molecule has 0 amide bonds. The van der Waals surface area contributed by atoms with Gasteiger partial charge in [0.05, 0.1) is 11.8 Å². The molecule has 1 unspecified atom stereocenters. The number of H-pyrrole nitrogens is 1. The fourth-order valence-electron chi connectivity index (χ4n) is 1.58. The number of aromatic amines is 1. The van der Waals surface area contributed by atoms with Crippen LogP contribution >= 0.6 is 0 Å². The predicted molar refractivity (Wildman–Crippen MR) is 71.7 cm³/mol. The third-order valence-corrected chi connectivity index (χ3v) is 3.94. The Kier molecular flexibility index (Phi) is 6.31. The largest absolute Gasteiger partial charge is 0.347 e. The summed E-state index contributed by atoms with van der Waals surface area (Å²) in [6.45, 7) is 5.28. The molecule has 0 fully saturated rings. The Morgan fingerprint density at radius 2 is 2.17 bits per heavy atom. The van der Waals surface area contributed by atoms with E-state index in [1.54, 1.807) is 12.4 Å². The van der Waals surface area contributed by atoms with Crippen molar-refractivity contribution in [3.63, 3.8) is 0 Å². The summed E-state index contributed by atoms with van der Waals surface area (Å²) in [5.41, 5.74) is 0. The Morgan fingerprint density at radius 1 is 1.39 bits per heavy atom. The van der Waals surface area contributed by atoms with E-state index in [2.05, 4.69) is 20.0 Å². The average Bonchev–Trinajstić information content (AvgIpc) is 2.85. The van der Waals surface area contributed by atoms with Crippen molar-refractivity contribution in [2.45, 2.75) is 32.7 Å². The fourth-order valence-corrected chi connectivity index (χ4v) is 2.83. The molecule has 1 atom stereocenters. The first kappa shape index (κ1) is 15.1. The number of aromatic nitrogens is 2. The molecule has 0 spiro atoms. The zero-order valence-corrected chi connectivity index (χ0v) is 11.8. The Bertz CT molecular complexity index is 416. The fraction of sp³-hybridized carbons (Fsp3) is 0.727. The van der Waals surface area contributed by atoms with Crippen LogP contribution in [0.3, 0.4) is 0 Å². The second-order valence-electron chi connectivity index (χ2n) is 4.12. The van der Waals surface area contributed by atoms with E-state index in [0.29, 0.717) is 18.8 Å². The Balaban J connectivity index is 2.48. The summed E-state index contributed by atoms with van der Waals surface area (Å²) in [5, 5.41) is 3.07. The van der Waals surface area contributed by atoms with E-state index in [9.17, 15) is 8.42 Å². The number of rotatable bonds is 9. The van der Waals surface area contributed by atoms with Crippen molar-refractivity contribution in [3.05, 3.63) is 18.2 Å². The van der Waals surface area contributed by atoms with Gasteiger partial charge in [-0.05, 0) is 19.4 Å². The van der Waals surface area contributed by atoms with E-state index in [1.807, 2.05) is 13.8 Å². The molecule has 6 nitrogen and oxygen atoms in total. The minimum Gasteiger partial charge on any atom is -0.347 e. The smallest absolute Gasteiger partial charge is 0.213 e. The van der Waals surface area contributed by atoms with Gasteiger partial charge in [-0.2, -0.15) is 0 Å². The van der Waals surface area contributed by atoms with Gasteiger partial charge in [0.15, 0.2) is 0 Å². The molecule has 1 aromatic rings. The first-order valence-electron chi connectivity index (χ1n) is 6.29. The maximum absolute atomic E-state index is 11.9. The first-order valence-corrected chi connectivity index (χ1v) is 7.94. The Labute approximate surface area is 109 Å². The molecule has 7 heteroatoms.